The van der Waals surface area contributed by atoms with Gasteiger partial charge in [-0.1, -0.05) is 97.9 Å². The van der Waals surface area contributed by atoms with Gasteiger partial charge in [-0.05, 0) is 47.8 Å². The Labute approximate surface area is 146 Å². The van der Waals surface area contributed by atoms with Crippen molar-refractivity contribution in [3.63, 3.8) is 0 Å². The van der Waals surface area contributed by atoms with Crippen molar-refractivity contribution in [2.24, 2.45) is 0 Å². The molecule has 0 amide bonds. The Kier molecular flexibility index (Phi) is 5.48. The molecule has 0 bridgehead atoms. The van der Waals surface area contributed by atoms with Gasteiger partial charge in [-0.15, -0.1) is 0 Å². The van der Waals surface area contributed by atoms with E-state index in [-0.39, 0.29) is 5.41 Å². The first kappa shape index (κ1) is 16.5. The lowest BCUT2D eigenvalue weighted by Gasteiger charge is -2.34. The molecule has 0 fully saturated rings. The molecule has 0 aliphatic carbocycles. The highest BCUT2D eigenvalue weighted by atomic mass is 14.3. The second-order valence-electron chi connectivity index (χ2n) is 6.65. The maximum atomic E-state index is 2.33. The summed E-state index contributed by atoms with van der Waals surface area (Å²) in [5, 5.41) is 0. The minimum absolute atomic E-state index is 0.193. The van der Waals surface area contributed by atoms with E-state index in [1.54, 1.807) is 0 Å². The minimum Gasteiger partial charge on any atom is -0.0645 e. The molecule has 0 aromatic heterocycles. The van der Waals surface area contributed by atoms with Gasteiger partial charge in [0.1, 0.15) is 0 Å². The number of rotatable bonds is 7. The van der Waals surface area contributed by atoms with Crippen LogP contribution in [0.1, 0.15) is 36.5 Å². The van der Waals surface area contributed by atoms with E-state index in [9.17, 15) is 0 Å². The molecule has 3 rings (SSSR count). The molecule has 1 atom stereocenters. The van der Waals surface area contributed by atoms with Crippen LogP contribution in [0.4, 0.5) is 0 Å². The quantitative estimate of drug-likeness (QED) is 0.486. The zero-order valence-corrected chi connectivity index (χ0v) is 14.5. The number of aryl methyl sites for hydroxylation is 1. The zero-order chi connectivity index (χ0) is 16.7. The van der Waals surface area contributed by atoms with E-state index in [4.69, 9.17) is 0 Å². The molecule has 0 N–H and O–H groups in total. The molecular weight excluding hydrogens is 288 g/mol. The van der Waals surface area contributed by atoms with Crippen LogP contribution < -0.4 is 0 Å². The standard InChI is InChI=1S/C24H26/c1-2-24(23-16-10-5-11-17-23,20-22-14-8-4-9-15-22)19-18-21-12-6-3-7-13-21/h3-17H,2,18-20H2,1H3. The van der Waals surface area contributed by atoms with Crippen molar-refractivity contribution in [3.05, 3.63) is 108 Å². The number of hydrogen-bond acceptors (Lipinski definition) is 0. The molecule has 24 heavy (non-hydrogen) atoms. The van der Waals surface area contributed by atoms with Gasteiger partial charge in [-0.3, -0.25) is 0 Å². The van der Waals surface area contributed by atoms with Crippen LogP contribution in [0.5, 0.6) is 0 Å². The van der Waals surface area contributed by atoms with E-state index in [2.05, 4.69) is 97.9 Å². The third-order valence-corrected chi connectivity index (χ3v) is 5.18. The van der Waals surface area contributed by atoms with Crippen molar-refractivity contribution in [2.75, 3.05) is 0 Å². The third-order valence-electron chi connectivity index (χ3n) is 5.18. The number of benzene rings is 3. The Bertz CT molecular complexity index is 716. The molecule has 0 saturated heterocycles. The topological polar surface area (TPSA) is 0 Å². The number of hydrogen-bond donors (Lipinski definition) is 0. The SMILES string of the molecule is CCC(CCc1ccccc1)(Cc1ccccc1)c1ccccc1. The van der Waals surface area contributed by atoms with Gasteiger partial charge in [0, 0.05) is 0 Å². The molecule has 0 heterocycles. The lowest BCUT2D eigenvalue weighted by molar-refractivity contribution is 0.376. The van der Waals surface area contributed by atoms with Gasteiger partial charge in [0.2, 0.25) is 0 Å². The normalized spacial score (nSPS) is 13.4. The Balaban J connectivity index is 1.90. The Hall–Kier alpha value is -2.34. The summed E-state index contributed by atoms with van der Waals surface area (Å²) in [5.41, 5.74) is 4.52. The molecule has 0 nitrogen and oxygen atoms in total. The lowest BCUT2D eigenvalue weighted by Crippen LogP contribution is -2.29. The van der Waals surface area contributed by atoms with E-state index in [0.29, 0.717) is 0 Å². The van der Waals surface area contributed by atoms with Crippen LogP contribution in [-0.4, -0.2) is 0 Å². The highest BCUT2D eigenvalue weighted by Crippen LogP contribution is 2.36. The molecular formula is C24H26. The molecule has 1 unspecified atom stereocenters. The average Bonchev–Trinajstić information content (AvgIpc) is 2.67. The second kappa shape index (κ2) is 7.97. The molecule has 0 radical (unpaired) electrons. The summed E-state index contributed by atoms with van der Waals surface area (Å²) in [7, 11) is 0. The van der Waals surface area contributed by atoms with Crippen LogP contribution >= 0.6 is 0 Å². The second-order valence-corrected chi connectivity index (χ2v) is 6.65. The molecule has 0 spiro atoms. The molecule has 0 heteroatoms. The highest BCUT2D eigenvalue weighted by Gasteiger charge is 2.30. The van der Waals surface area contributed by atoms with Crippen molar-refractivity contribution in [1.82, 2.24) is 0 Å². The fourth-order valence-corrected chi connectivity index (χ4v) is 3.65. The smallest absolute Gasteiger partial charge is 0.000611 e. The Morgan fingerprint density at radius 1 is 0.625 bits per heavy atom. The van der Waals surface area contributed by atoms with Gasteiger partial charge in [-0.2, -0.15) is 0 Å². The summed E-state index contributed by atoms with van der Waals surface area (Å²) in [4.78, 5) is 0. The van der Waals surface area contributed by atoms with E-state index in [1.165, 1.54) is 23.1 Å². The van der Waals surface area contributed by atoms with Crippen molar-refractivity contribution in [2.45, 2.75) is 38.0 Å². The van der Waals surface area contributed by atoms with Crippen LogP contribution in [0.3, 0.4) is 0 Å². The molecule has 0 aliphatic rings. The molecule has 3 aromatic carbocycles. The predicted octanol–water partition coefficient (Wildman–Crippen LogP) is 6.21. The van der Waals surface area contributed by atoms with E-state index < -0.39 is 0 Å². The minimum atomic E-state index is 0.193. The lowest BCUT2D eigenvalue weighted by atomic mass is 9.70. The summed E-state index contributed by atoms with van der Waals surface area (Å²) >= 11 is 0. The van der Waals surface area contributed by atoms with Gasteiger partial charge < -0.3 is 0 Å². The fourth-order valence-electron chi connectivity index (χ4n) is 3.65. The largest absolute Gasteiger partial charge is 0.0645 e. The first-order valence-electron chi connectivity index (χ1n) is 8.96. The molecule has 122 valence electrons. The van der Waals surface area contributed by atoms with Gasteiger partial charge >= 0.3 is 0 Å². The molecule has 0 aliphatic heterocycles. The Morgan fingerprint density at radius 3 is 1.67 bits per heavy atom. The Morgan fingerprint density at radius 2 is 1.12 bits per heavy atom. The molecule has 0 saturated carbocycles. The van der Waals surface area contributed by atoms with Crippen LogP contribution in [0, 0.1) is 0 Å². The summed E-state index contributed by atoms with van der Waals surface area (Å²) in [6, 6.07) is 32.9. The van der Waals surface area contributed by atoms with Gasteiger partial charge in [-0.25, -0.2) is 0 Å². The first-order valence-corrected chi connectivity index (χ1v) is 8.96. The summed E-state index contributed by atoms with van der Waals surface area (Å²) in [5.74, 6) is 0. The summed E-state index contributed by atoms with van der Waals surface area (Å²) in [6.45, 7) is 2.33. The van der Waals surface area contributed by atoms with Crippen molar-refractivity contribution in [1.29, 1.82) is 0 Å². The van der Waals surface area contributed by atoms with Gasteiger partial charge in [0.05, 0.1) is 0 Å². The van der Waals surface area contributed by atoms with E-state index in [0.717, 1.165) is 19.3 Å². The maximum Gasteiger partial charge on any atom is -0.000611 e. The molecule has 3 aromatic rings. The van der Waals surface area contributed by atoms with Crippen molar-refractivity contribution in [3.8, 4) is 0 Å². The van der Waals surface area contributed by atoms with Crippen LogP contribution in [0.25, 0.3) is 0 Å². The van der Waals surface area contributed by atoms with Crippen LogP contribution in [0.15, 0.2) is 91.0 Å². The van der Waals surface area contributed by atoms with E-state index in [1.807, 2.05) is 0 Å². The first-order chi connectivity index (χ1) is 11.8. The third kappa shape index (κ3) is 3.94. The fraction of sp³-hybridized carbons (Fsp3) is 0.250. The van der Waals surface area contributed by atoms with Crippen molar-refractivity contribution >= 4 is 0 Å². The summed E-state index contributed by atoms with van der Waals surface area (Å²) in [6.07, 6.45) is 4.54. The highest BCUT2D eigenvalue weighted by molar-refractivity contribution is 5.30. The average molecular weight is 314 g/mol. The monoisotopic (exact) mass is 314 g/mol. The van der Waals surface area contributed by atoms with Crippen molar-refractivity contribution < 1.29 is 0 Å². The van der Waals surface area contributed by atoms with Gasteiger partial charge in [0.15, 0.2) is 0 Å². The predicted molar refractivity (Wildman–Crippen MR) is 103 cm³/mol. The maximum absolute atomic E-state index is 2.33. The van der Waals surface area contributed by atoms with Crippen LogP contribution in [-0.2, 0) is 18.3 Å². The zero-order valence-electron chi connectivity index (χ0n) is 14.5. The van der Waals surface area contributed by atoms with Crippen LogP contribution in [0.2, 0.25) is 0 Å². The van der Waals surface area contributed by atoms with E-state index >= 15 is 0 Å². The van der Waals surface area contributed by atoms with Gasteiger partial charge in [0.25, 0.3) is 0 Å². The summed E-state index contributed by atoms with van der Waals surface area (Å²) < 4.78 is 0.